The summed E-state index contributed by atoms with van der Waals surface area (Å²) in [6.45, 7) is 3.40. The van der Waals surface area contributed by atoms with Gasteiger partial charge in [0.25, 0.3) is 5.91 Å². The van der Waals surface area contributed by atoms with Gasteiger partial charge >= 0.3 is 11.8 Å². The molecule has 0 bridgehead atoms. The summed E-state index contributed by atoms with van der Waals surface area (Å²) in [6, 6.07) is 7.35. The fourth-order valence-corrected chi connectivity index (χ4v) is 2.20. The number of amides is 3. The number of hydrogen-bond donors (Lipinski definition) is 2. The summed E-state index contributed by atoms with van der Waals surface area (Å²) in [6.07, 6.45) is 0. The lowest BCUT2D eigenvalue weighted by Gasteiger charge is -2.34. The standard InChI is InChI=1S/C14H18N4O3/c1-10-2-4-11(5-3-10)13(20)17-6-8-18(9-7-17)14(21)12(19)16-15/h2-5H,6-9,15H2,1H3,(H,16,19). The highest BCUT2D eigenvalue weighted by atomic mass is 16.2. The van der Waals surface area contributed by atoms with Crippen molar-refractivity contribution in [3.05, 3.63) is 35.4 Å². The number of hydrogen-bond acceptors (Lipinski definition) is 4. The van der Waals surface area contributed by atoms with Gasteiger partial charge in [0.15, 0.2) is 0 Å². The molecule has 1 aromatic carbocycles. The van der Waals surface area contributed by atoms with Crippen LogP contribution in [0.25, 0.3) is 0 Å². The van der Waals surface area contributed by atoms with E-state index in [0.717, 1.165) is 5.56 Å². The van der Waals surface area contributed by atoms with Crippen LogP contribution >= 0.6 is 0 Å². The first kappa shape index (κ1) is 15.0. The Balaban J connectivity index is 1.94. The van der Waals surface area contributed by atoms with Crippen LogP contribution in [-0.2, 0) is 9.59 Å². The minimum absolute atomic E-state index is 0.0645. The van der Waals surface area contributed by atoms with Crippen LogP contribution in [0, 0.1) is 6.92 Å². The zero-order valence-corrected chi connectivity index (χ0v) is 11.8. The van der Waals surface area contributed by atoms with E-state index in [9.17, 15) is 14.4 Å². The maximum atomic E-state index is 12.3. The Morgan fingerprint density at radius 2 is 1.52 bits per heavy atom. The van der Waals surface area contributed by atoms with Crippen molar-refractivity contribution in [1.82, 2.24) is 15.2 Å². The molecule has 0 radical (unpaired) electrons. The van der Waals surface area contributed by atoms with Gasteiger partial charge in [-0.2, -0.15) is 0 Å². The molecule has 21 heavy (non-hydrogen) atoms. The normalized spacial score (nSPS) is 14.8. The van der Waals surface area contributed by atoms with Gasteiger partial charge in [0.2, 0.25) is 0 Å². The number of nitrogens with one attached hydrogen (secondary N) is 1. The van der Waals surface area contributed by atoms with Gasteiger partial charge in [0.1, 0.15) is 0 Å². The molecular formula is C14H18N4O3. The number of piperazine rings is 1. The fourth-order valence-electron chi connectivity index (χ4n) is 2.20. The van der Waals surface area contributed by atoms with Gasteiger partial charge in [0.05, 0.1) is 0 Å². The van der Waals surface area contributed by atoms with E-state index < -0.39 is 11.8 Å². The number of benzene rings is 1. The Labute approximate surface area is 122 Å². The Morgan fingerprint density at radius 1 is 1.00 bits per heavy atom. The summed E-state index contributed by atoms with van der Waals surface area (Å²) in [5.74, 6) is 3.36. The predicted octanol–water partition coefficient (Wildman–Crippen LogP) is -0.731. The minimum atomic E-state index is -0.840. The average Bonchev–Trinajstić information content (AvgIpc) is 2.53. The molecule has 7 nitrogen and oxygen atoms in total. The van der Waals surface area contributed by atoms with Gasteiger partial charge in [-0.05, 0) is 19.1 Å². The van der Waals surface area contributed by atoms with Gasteiger partial charge in [-0.15, -0.1) is 0 Å². The van der Waals surface area contributed by atoms with Gasteiger partial charge in [-0.3, -0.25) is 19.8 Å². The molecule has 0 atom stereocenters. The second-order valence-corrected chi connectivity index (χ2v) is 4.92. The smallest absolute Gasteiger partial charge is 0.323 e. The van der Waals surface area contributed by atoms with Crippen molar-refractivity contribution >= 4 is 17.7 Å². The van der Waals surface area contributed by atoms with Crippen molar-refractivity contribution in [2.24, 2.45) is 5.84 Å². The summed E-state index contributed by atoms with van der Waals surface area (Å²) < 4.78 is 0. The van der Waals surface area contributed by atoms with Crippen LogP contribution in [-0.4, -0.2) is 53.7 Å². The molecule has 1 aliphatic rings. The molecule has 1 fully saturated rings. The highest BCUT2D eigenvalue weighted by molar-refractivity contribution is 6.34. The molecule has 3 N–H and O–H groups in total. The number of carbonyl (C=O) groups excluding carboxylic acids is 3. The molecule has 2 rings (SSSR count). The summed E-state index contributed by atoms with van der Waals surface area (Å²) >= 11 is 0. The third kappa shape index (κ3) is 3.38. The molecule has 0 spiro atoms. The molecule has 0 saturated carbocycles. The number of hydrazine groups is 1. The van der Waals surface area contributed by atoms with Crippen molar-refractivity contribution in [2.75, 3.05) is 26.2 Å². The van der Waals surface area contributed by atoms with E-state index in [1.54, 1.807) is 17.0 Å². The third-order valence-corrected chi connectivity index (χ3v) is 3.48. The lowest BCUT2D eigenvalue weighted by atomic mass is 10.1. The first-order valence-electron chi connectivity index (χ1n) is 6.68. The van der Waals surface area contributed by atoms with Crippen LogP contribution in [0.1, 0.15) is 15.9 Å². The SMILES string of the molecule is Cc1ccc(C(=O)N2CCN(C(=O)C(=O)NN)CC2)cc1. The highest BCUT2D eigenvalue weighted by Crippen LogP contribution is 2.10. The molecule has 1 heterocycles. The molecule has 1 saturated heterocycles. The number of aryl methyl sites for hydroxylation is 1. The number of nitrogens with two attached hydrogens (primary N) is 1. The molecule has 112 valence electrons. The van der Waals surface area contributed by atoms with Gasteiger partial charge in [-0.25, -0.2) is 5.84 Å². The van der Waals surface area contributed by atoms with Gasteiger partial charge < -0.3 is 9.80 Å². The van der Waals surface area contributed by atoms with Crippen LogP contribution in [0.15, 0.2) is 24.3 Å². The predicted molar refractivity (Wildman–Crippen MR) is 76.0 cm³/mol. The first-order valence-corrected chi connectivity index (χ1v) is 6.68. The van der Waals surface area contributed by atoms with Crippen LogP contribution < -0.4 is 11.3 Å². The third-order valence-electron chi connectivity index (χ3n) is 3.48. The van der Waals surface area contributed by atoms with E-state index in [1.807, 2.05) is 24.5 Å². The highest BCUT2D eigenvalue weighted by Gasteiger charge is 2.27. The van der Waals surface area contributed by atoms with Crippen molar-refractivity contribution in [1.29, 1.82) is 0 Å². The first-order chi connectivity index (χ1) is 10.0. The zero-order chi connectivity index (χ0) is 15.4. The Kier molecular flexibility index (Phi) is 4.54. The maximum absolute atomic E-state index is 12.3. The summed E-state index contributed by atoms with van der Waals surface area (Å²) in [5.41, 5.74) is 3.53. The number of carbonyl (C=O) groups is 3. The molecule has 7 heteroatoms. The van der Waals surface area contributed by atoms with E-state index >= 15 is 0 Å². The van der Waals surface area contributed by atoms with Crippen LogP contribution in [0.3, 0.4) is 0 Å². The molecular weight excluding hydrogens is 272 g/mol. The van der Waals surface area contributed by atoms with Crippen molar-refractivity contribution in [3.63, 3.8) is 0 Å². The second-order valence-electron chi connectivity index (χ2n) is 4.92. The van der Waals surface area contributed by atoms with Crippen LogP contribution in [0.2, 0.25) is 0 Å². The van der Waals surface area contributed by atoms with E-state index in [2.05, 4.69) is 0 Å². The monoisotopic (exact) mass is 290 g/mol. The Morgan fingerprint density at radius 3 is 2.05 bits per heavy atom. The largest absolute Gasteiger partial charge is 0.335 e. The van der Waals surface area contributed by atoms with Crippen LogP contribution in [0.5, 0.6) is 0 Å². The molecule has 0 unspecified atom stereocenters. The van der Waals surface area contributed by atoms with Gasteiger partial charge in [-0.1, -0.05) is 17.7 Å². The lowest BCUT2D eigenvalue weighted by Crippen LogP contribution is -2.54. The van der Waals surface area contributed by atoms with Crippen molar-refractivity contribution in [2.45, 2.75) is 6.92 Å². The van der Waals surface area contributed by atoms with Crippen molar-refractivity contribution in [3.8, 4) is 0 Å². The van der Waals surface area contributed by atoms with E-state index in [0.29, 0.717) is 31.7 Å². The molecule has 1 aliphatic heterocycles. The summed E-state index contributed by atoms with van der Waals surface area (Å²) in [4.78, 5) is 38.2. The van der Waals surface area contributed by atoms with E-state index in [1.165, 1.54) is 4.90 Å². The van der Waals surface area contributed by atoms with E-state index in [-0.39, 0.29) is 5.91 Å². The van der Waals surface area contributed by atoms with Gasteiger partial charge in [0, 0.05) is 31.7 Å². The minimum Gasteiger partial charge on any atom is -0.335 e. The average molecular weight is 290 g/mol. The topological polar surface area (TPSA) is 95.7 Å². The summed E-state index contributed by atoms with van der Waals surface area (Å²) in [7, 11) is 0. The van der Waals surface area contributed by atoms with E-state index in [4.69, 9.17) is 5.84 Å². The Bertz CT molecular complexity index is 548. The van der Waals surface area contributed by atoms with Crippen LogP contribution in [0.4, 0.5) is 0 Å². The maximum Gasteiger partial charge on any atom is 0.323 e. The number of rotatable bonds is 1. The quantitative estimate of drug-likeness (QED) is 0.308. The molecule has 3 amide bonds. The van der Waals surface area contributed by atoms with Crippen molar-refractivity contribution < 1.29 is 14.4 Å². The molecule has 0 aliphatic carbocycles. The fraction of sp³-hybridized carbons (Fsp3) is 0.357. The second kappa shape index (κ2) is 6.36. The zero-order valence-electron chi connectivity index (χ0n) is 11.8. The number of nitrogens with zero attached hydrogens (tertiary/aromatic N) is 2. The molecule has 1 aromatic rings. The Hall–Kier alpha value is -2.41. The lowest BCUT2D eigenvalue weighted by molar-refractivity contribution is -0.146. The summed E-state index contributed by atoms with van der Waals surface area (Å²) in [5, 5.41) is 0. The molecule has 0 aromatic heterocycles.